The van der Waals surface area contributed by atoms with Gasteiger partial charge in [-0.3, -0.25) is 0 Å². The minimum atomic E-state index is 0.601. The summed E-state index contributed by atoms with van der Waals surface area (Å²) < 4.78 is 10.7. The molecule has 0 atom stereocenters. The minimum absolute atomic E-state index is 0.601. The molecule has 0 unspecified atom stereocenters. The van der Waals surface area contributed by atoms with E-state index in [9.17, 15) is 0 Å². The van der Waals surface area contributed by atoms with E-state index in [2.05, 4.69) is 10.8 Å². The quantitative estimate of drug-likeness (QED) is 0.680. The van der Waals surface area contributed by atoms with E-state index in [0.717, 1.165) is 23.7 Å². The molecule has 1 heterocycles. The van der Waals surface area contributed by atoms with Gasteiger partial charge in [0.1, 0.15) is 18.1 Å². The van der Waals surface area contributed by atoms with Gasteiger partial charge in [-0.1, -0.05) is 5.92 Å². The number of rotatable bonds is 2. The zero-order valence-corrected chi connectivity index (χ0v) is 8.69. The molecule has 78 valence electrons. The van der Waals surface area contributed by atoms with Crippen molar-refractivity contribution >= 4 is 5.69 Å². The average molecular weight is 203 g/mol. The maximum Gasteiger partial charge on any atom is 0.142 e. The summed E-state index contributed by atoms with van der Waals surface area (Å²) in [7, 11) is 1.65. The van der Waals surface area contributed by atoms with E-state index in [1.807, 2.05) is 18.2 Å². The Morgan fingerprint density at radius 1 is 1.60 bits per heavy atom. The number of hydrogen-bond donors (Lipinski definition) is 0. The molecule has 0 N–H and O–H groups in total. The van der Waals surface area contributed by atoms with Crippen LogP contribution < -0.4 is 14.4 Å². The second-order valence-corrected chi connectivity index (χ2v) is 3.31. The number of methoxy groups -OCH3 is 1. The van der Waals surface area contributed by atoms with Crippen molar-refractivity contribution in [3.63, 3.8) is 0 Å². The molecule has 0 amide bonds. The molecule has 0 saturated carbocycles. The summed E-state index contributed by atoms with van der Waals surface area (Å²) in [6, 6.07) is 5.75. The van der Waals surface area contributed by atoms with Crippen molar-refractivity contribution in [2.75, 3.05) is 31.7 Å². The Hall–Kier alpha value is -1.82. The van der Waals surface area contributed by atoms with Gasteiger partial charge in [-0.05, 0) is 12.1 Å². The van der Waals surface area contributed by atoms with E-state index < -0.39 is 0 Å². The van der Waals surface area contributed by atoms with Crippen molar-refractivity contribution in [2.45, 2.75) is 0 Å². The van der Waals surface area contributed by atoms with Gasteiger partial charge in [-0.25, -0.2) is 0 Å². The molecule has 0 radical (unpaired) electrons. The monoisotopic (exact) mass is 203 g/mol. The van der Waals surface area contributed by atoms with E-state index in [1.54, 1.807) is 7.11 Å². The number of nitrogens with zero attached hydrogens (tertiary/aromatic N) is 1. The molecule has 3 heteroatoms. The maximum atomic E-state index is 5.53. The SMILES string of the molecule is C#CCN1CCOc2ccc(OC)cc21. The fourth-order valence-corrected chi connectivity index (χ4v) is 1.65. The third-order valence-electron chi connectivity index (χ3n) is 2.41. The first-order valence-electron chi connectivity index (χ1n) is 4.84. The van der Waals surface area contributed by atoms with Crippen LogP contribution in [0, 0.1) is 12.3 Å². The second-order valence-electron chi connectivity index (χ2n) is 3.31. The van der Waals surface area contributed by atoms with Crippen LogP contribution in [-0.2, 0) is 0 Å². The van der Waals surface area contributed by atoms with E-state index in [4.69, 9.17) is 15.9 Å². The fraction of sp³-hybridized carbons (Fsp3) is 0.333. The van der Waals surface area contributed by atoms with Gasteiger partial charge in [0.15, 0.2) is 0 Å². The summed E-state index contributed by atoms with van der Waals surface area (Å²) >= 11 is 0. The van der Waals surface area contributed by atoms with Gasteiger partial charge in [0.05, 0.1) is 25.9 Å². The summed E-state index contributed by atoms with van der Waals surface area (Å²) in [5.74, 6) is 4.34. The van der Waals surface area contributed by atoms with Crippen molar-refractivity contribution < 1.29 is 9.47 Å². The standard InChI is InChI=1S/C12H13NO2/c1-3-6-13-7-8-15-12-5-4-10(14-2)9-11(12)13/h1,4-5,9H,6-8H2,2H3. The average Bonchev–Trinajstić information content (AvgIpc) is 2.29. The van der Waals surface area contributed by atoms with E-state index in [1.165, 1.54) is 0 Å². The van der Waals surface area contributed by atoms with Crippen molar-refractivity contribution in [1.82, 2.24) is 0 Å². The molecule has 15 heavy (non-hydrogen) atoms. The molecule has 3 nitrogen and oxygen atoms in total. The van der Waals surface area contributed by atoms with Crippen LogP contribution in [0.5, 0.6) is 11.5 Å². The predicted molar refractivity (Wildman–Crippen MR) is 59.5 cm³/mol. The largest absolute Gasteiger partial charge is 0.497 e. The highest BCUT2D eigenvalue weighted by Crippen LogP contribution is 2.34. The first-order chi connectivity index (χ1) is 7.35. The minimum Gasteiger partial charge on any atom is -0.497 e. The Balaban J connectivity index is 2.35. The summed E-state index contributed by atoms with van der Waals surface area (Å²) in [5, 5.41) is 0. The Morgan fingerprint density at radius 2 is 2.47 bits per heavy atom. The molecule has 0 bridgehead atoms. The topological polar surface area (TPSA) is 21.7 Å². The first kappa shape index (κ1) is 9.72. The van der Waals surface area contributed by atoms with E-state index in [-0.39, 0.29) is 0 Å². The van der Waals surface area contributed by atoms with Crippen molar-refractivity contribution in [1.29, 1.82) is 0 Å². The predicted octanol–water partition coefficient (Wildman–Crippen LogP) is 1.53. The zero-order valence-electron chi connectivity index (χ0n) is 8.69. The van der Waals surface area contributed by atoms with E-state index in [0.29, 0.717) is 13.2 Å². The van der Waals surface area contributed by atoms with Gasteiger partial charge in [-0.15, -0.1) is 6.42 Å². The summed E-state index contributed by atoms with van der Waals surface area (Å²) in [5.41, 5.74) is 1.01. The molecular weight excluding hydrogens is 190 g/mol. The zero-order chi connectivity index (χ0) is 10.7. The van der Waals surface area contributed by atoms with Gasteiger partial charge in [0.2, 0.25) is 0 Å². The highest BCUT2D eigenvalue weighted by Gasteiger charge is 2.17. The molecule has 0 saturated heterocycles. The summed E-state index contributed by atoms with van der Waals surface area (Å²) in [6.45, 7) is 2.11. The normalized spacial score (nSPS) is 13.7. The lowest BCUT2D eigenvalue weighted by atomic mass is 10.2. The Morgan fingerprint density at radius 3 is 3.20 bits per heavy atom. The van der Waals surface area contributed by atoms with Gasteiger partial charge >= 0.3 is 0 Å². The molecule has 1 aromatic carbocycles. The number of fused-ring (bicyclic) bond motifs is 1. The Kier molecular flexibility index (Phi) is 2.68. The van der Waals surface area contributed by atoms with E-state index >= 15 is 0 Å². The lowest BCUT2D eigenvalue weighted by Crippen LogP contribution is -2.32. The van der Waals surface area contributed by atoms with Gasteiger partial charge in [0.25, 0.3) is 0 Å². The van der Waals surface area contributed by atoms with Crippen LogP contribution in [0.2, 0.25) is 0 Å². The van der Waals surface area contributed by atoms with Gasteiger partial charge < -0.3 is 14.4 Å². The van der Waals surface area contributed by atoms with Crippen LogP contribution in [0.4, 0.5) is 5.69 Å². The van der Waals surface area contributed by atoms with Crippen molar-refractivity contribution in [2.24, 2.45) is 0 Å². The van der Waals surface area contributed by atoms with Crippen LogP contribution in [0.3, 0.4) is 0 Å². The van der Waals surface area contributed by atoms with Crippen LogP contribution >= 0.6 is 0 Å². The number of hydrogen-bond acceptors (Lipinski definition) is 3. The van der Waals surface area contributed by atoms with Gasteiger partial charge in [0, 0.05) is 6.07 Å². The number of terminal acetylenes is 1. The summed E-state index contributed by atoms with van der Waals surface area (Å²) in [4.78, 5) is 2.11. The third-order valence-corrected chi connectivity index (χ3v) is 2.41. The smallest absolute Gasteiger partial charge is 0.142 e. The van der Waals surface area contributed by atoms with Crippen molar-refractivity contribution in [3.8, 4) is 23.8 Å². The van der Waals surface area contributed by atoms with Crippen LogP contribution in [-0.4, -0.2) is 26.8 Å². The Labute approximate surface area is 89.6 Å². The highest BCUT2D eigenvalue weighted by molar-refractivity contribution is 5.63. The second kappa shape index (κ2) is 4.14. The molecule has 1 aromatic rings. The molecule has 0 fully saturated rings. The lowest BCUT2D eigenvalue weighted by molar-refractivity contribution is 0.308. The molecule has 0 aromatic heterocycles. The molecule has 1 aliphatic heterocycles. The number of anilines is 1. The van der Waals surface area contributed by atoms with Crippen molar-refractivity contribution in [3.05, 3.63) is 18.2 Å². The third kappa shape index (κ3) is 1.84. The summed E-state index contributed by atoms with van der Waals surface area (Å²) in [6.07, 6.45) is 5.32. The number of ether oxygens (including phenoxy) is 2. The molecular formula is C12H13NO2. The fourth-order valence-electron chi connectivity index (χ4n) is 1.65. The molecule has 0 aliphatic carbocycles. The van der Waals surface area contributed by atoms with Gasteiger partial charge in [-0.2, -0.15) is 0 Å². The number of benzene rings is 1. The van der Waals surface area contributed by atoms with Crippen LogP contribution in [0.1, 0.15) is 0 Å². The maximum absolute atomic E-state index is 5.53. The molecule has 0 spiro atoms. The molecule has 2 rings (SSSR count). The molecule has 1 aliphatic rings. The van der Waals surface area contributed by atoms with Crippen LogP contribution in [0.25, 0.3) is 0 Å². The highest BCUT2D eigenvalue weighted by atomic mass is 16.5. The Bertz CT molecular complexity index is 395. The lowest BCUT2D eigenvalue weighted by Gasteiger charge is -2.29. The van der Waals surface area contributed by atoms with Crippen LogP contribution in [0.15, 0.2) is 18.2 Å². The first-order valence-corrected chi connectivity index (χ1v) is 4.84.